The van der Waals surface area contributed by atoms with E-state index in [4.69, 9.17) is 10.8 Å². The van der Waals surface area contributed by atoms with Gasteiger partial charge in [0.05, 0.1) is 12.1 Å². The summed E-state index contributed by atoms with van der Waals surface area (Å²) in [5, 5.41) is 8.85. The molecule has 5 nitrogen and oxygen atoms in total. The van der Waals surface area contributed by atoms with Gasteiger partial charge in [0.2, 0.25) is 5.91 Å². The highest BCUT2D eigenvalue weighted by Gasteiger charge is 2.33. The molecule has 1 amide bonds. The van der Waals surface area contributed by atoms with E-state index in [1.807, 2.05) is 18.7 Å². The summed E-state index contributed by atoms with van der Waals surface area (Å²) in [7, 11) is 0. The van der Waals surface area contributed by atoms with Gasteiger partial charge in [0.15, 0.2) is 0 Å². The first-order valence-corrected chi connectivity index (χ1v) is 6.42. The lowest BCUT2D eigenvalue weighted by atomic mass is 9.95. The predicted octanol–water partition coefficient (Wildman–Crippen LogP) is -0.360. The minimum atomic E-state index is -0.728. The zero-order chi connectivity index (χ0) is 12.9. The van der Waals surface area contributed by atoms with Gasteiger partial charge in [-0.15, -0.1) is 0 Å². The number of aliphatic hydroxyl groups excluding tert-OH is 1. The summed E-state index contributed by atoms with van der Waals surface area (Å²) < 4.78 is 0. The van der Waals surface area contributed by atoms with Gasteiger partial charge in [-0.3, -0.25) is 9.69 Å². The SMILES string of the molecule is CCCC(C)(N)C(=O)N1CCN(CCO)CC1. The average molecular weight is 243 g/mol. The maximum Gasteiger partial charge on any atom is 0.242 e. The Labute approximate surface area is 104 Å². The fraction of sp³-hybridized carbons (Fsp3) is 0.917. The number of hydrogen-bond donors (Lipinski definition) is 2. The molecular formula is C12H25N3O2. The van der Waals surface area contributed by atoms with Crippen molar-refractivity contribution >= 4 is 5.91 Å². The van der Waals surface area contributed by atoms with Gasteiger partial charge in [-0.05, 0) is 13.3 Å². The number of carbonyl (C=O) groups excluding carboxylic acids is 1. The van der Waals surface area contributed by atoms with Crippen LogP contribution in [-0.4, -0.2) is 65.7 Å². The van der Waals surface area contributed by atoms with E-state index in [2.05, 4.69) is 4.90 Å². The van der Waals surface area contributed by atoms with E-state index < -0.39 is 5.54 Å². The van der Waals surface area contributed by atoms with Crippen molar-refractivity contribution in [1.82, 2.24) is 9.80 Å². The Morgan fingerprint density at radius 1 is 1.35 bits per heavy atom. The summed E-state index contributed by atoms with van der Waals surface area (Å²) in [6.07, 6.45) is 1.64. The van der Waals surface area contributed by atoms with Crippen LogP contribution < -0.4 is 5.73 Å². The number of hydrogen-bond acceptors (Lipinski definition) is 4. The van der Waals surface area contributed by atoms with Crippen LogP contribution >= 0.6 is 0 Å². The molecule has 1 fully saturated rings. The lowest BCUT2D eigenvalue weighted by molar-refractivity contribution is -0.138. The number of aliphatic hydroxyl groups is 1. The molecule has 0 saturated carbocycles. The Bertz CT molecular complexity index is 248. The summed E-state index contributed by atoms with van der Waals surface area (Å²) in [5.41, 5.74) is 5.32. The van der Waals surface area contributed by atoms with Crippen molar-refractivity contribution in [1.29, 1.82) is 0 Å². The van der Waals surface area contributed by atoms with Crippen LogP contribution in [0.3, 0.4) is 0 Å². The summed E-state index contributed by atoms with van der Waals surface area (Å²) in [5.74, 6) is 0.0583. The smallest absolute Gasteiger partial charge is 0.242 e. The molecule has 1 atom stereocenters. The molecule has 5 heteroatoms. The Kier molecular flexibility index (Phi) is 5.36. The van der Waals surface area contributed by atoms with Crippen molar-refractivity contribution in [2.24, 2.45) is 5.73 Å². The van der Waals surface area contributed by atoms with Crippen molar-refractivity contribution in [3.63, 3.8) is 0 Å². The van der Waals surface area contributed by atoms with E-state index >= 15 is 0 Å². The highest BCUT2D eigenvalue weighted by Crippen LogP contribution is 2.14. The number of piperazine rings is 1. The minimum absolute atomic E-state index is 0.0583. The number of amides is 1. The van der Waals surface area contributed by atoms with Gasteiger partial charge >= 0.3 is 0 Å². The van der Waals surface area contributed by atoms with Crippen molar-refractivity contribution in [2.75, 3.05) is 39.3 Å². The van der Waals surface area contributed by atoms with E-state index in [9.17, 15) is 4.79 Å². The average Bonchev–Trinajstić information content (AvgIpc) is 2.29. The summed E-state index contributed by atoms with van der Waals surface area (Å²) in [4.78, 5) is 16.2. The second-order valence-electron chi connectivity index (χ2n) is 5.02. The molecule has 0 bridgehead atoms. The fourth-order valence-corrected chi connectivity index (χ4v) is 2.30. The van der Waals surface area contributed by atoms with Crippen LogP contribution in [0.25, 0.3) is 0 Å². The molecule has 0 aromatic heterocycles. The Balaban J connectivity index is 2.45. The maximum atomic E-state index is 12.2. The molecule has 100 valence electrons. The van der Waals surface area contributed by atoms with Crippen LogP contribution in [-0.2, 0) is 4.79 Å². The third-order valence-corrected chi connectivity index (χ3v) is 3.33. The van der Waals surface area contributed by atoms with Crippen LogP contribution in [0.4, 0.5) is 0 Å². The minimum Gasteiger partial charge on any atom is -0.395 e. The number of nitrogens with zero attached hydrogens (tertiary/aromatic N) is 2. The molecule has 0 aromatic carbocycles. The summed E-state index contributed by atoms with van der Waals surface area (Å²) >= 11 is 0. The van der Waals surface area contributed by atoms with E-state index in [-0.39, 0.29) is 12.5 Å². The molecule has 0 aliphatic carbocycles. The third kappa shape index (κ3) is 3.94. The predicted molar refractivity (Wildman–Crippen MR) is 67.6 cm³/mol. The largest absolute Gasteiger partial charge is 0.395 e. The molecule has 1 heterocycles. The fourth-order valence-electron chi connectivity index (χ4n) is 2.30. The third-order valence-electron chi connectivity index (χ3n) is 3.33. The first-order chi connectivity index (χ1) is 8.01. The molecular weight excluding hydrogens is 218 g/mol. The second kappa shape index (κ2) is 6.33. The summed E-state index contributed by atoms with van der Waals surface area (Å²) in [6, 6.07) is 0. The quantitative estimate of drug-likeness (QED) is 0.692. The van der Waals surface area contributed by atoms with Crippen LogP contribution in [0.15, 0.2) is 0 Å². The zero-order valence-electron chi connectivity index (χ0n) is 11.0. The molecule has 1 saturated heterocycles. The molecule has 17 heavy (non-hydrogen) atoms. The Hall–Kier alpha value is -0.650. The van der Waals surface area contributed by atoms with Crippen LogP contribution in [0.5, 0.6) is 0 Å². The highest BCUT2D eigenvalue weighted by molar-refractivity contribution is 5.85. The van der Waals surface area contributed by atoms with Crippen LogP contribution in [0.1, 0.15) is 26.7 Å². The molecule has 1 aliphatic heterocycles. The van der Waals surface area contributed by atoms with E-state index in [1.54, 1.807) is 0 Å². The molecule has 0 aromatic rings. The Morgan fingerprint density at radius 3 is 2.41 bits per heavy atom. The van der Waals surface area contributed by atoms with Crippen molar-refractivity contribution in [2.45, 2.75) is 32.2 Å². The number of carbonyl (C=O) groups is 1. The molecule has 1 rings (SSSR count). The molecule has 0 radical (unpaired) electrons. The first kappa shape index (κ1) is 14.4. The van der Waals surface area contributed by atoms with Gasteiger partial charge in [0.25, 0.3) is 0 Å². The first-order valence-electron chi connectivity index (χ1n) is 6.42. The number of nitrogens with two attached hydrogens (primary N) is 1. The lowest BCUT2D eigenvalue weighted by Gasteiger charge is -2.38. The van der Waals surface area contributed by atoms with Gasteiger partial charge in [-0.2, -0.15) is 0 Å². The van der Waals surface area contributed by atoms with Crippen molar-refractivity contribution in [3.05, 3.63) is 0 Å². The van der Waals surface area contributed by atoms with Crippen molar-refractivity contribution in [3.8, 4) is 0 Å². The van der Waals surface area contributed by atoms with E-state index in [0.29, 0.717) is 6.54 Å². The maximum absolute atomic E-state index is 12.2. The van der Waals surface area contributed by atoms with Crippen LogP contribution in [0, 0.1) is 0 Å². The van der Waals surface area contributed by atoms with E-state index in [1.165, 1.54) is 0 Å². The standard InChI is InChI=1S/C12H25N3O2/c1-3-4-12(2,13)11(17)15-7-5-14(6-8-15)9-10-16/h16H,3-10,13H2,1-2H3. The van der Waals surface area contributed by atoms with Gasteiger partial charge in [0, 0.05) is 32.7 Å². The second-order valence-corrected chi connectivity index (χ2v) is 5.02. The molecule has 3 N–H and O–H groups in total. The molecule has 0 spiro atoms. The lowest BCUT2D eigenvalue weighted by Crippen LogP contribution is -2.58. The Morgan fingerprint density at radius 2 is 1.94 bits per heavy atom. The number of rotatable bonds is 5. The van der Waals surface area contributed by atoms with Gasteiger partial charge in [-0.1, -0.05) is 13.3 Å². The summed E-state index contributed by atoms with van der Waals surface area (Å²) in [6.45, 7) is 7.82. The van der Waals surface area contributed by atoms with Crippen LogP contribution in [0.2, 0.25) is 0 Å². The zero-order valence-corrected chi connectivity index (χ0v) is 11.0. The van der Waals surface area contributed by atoms with Gasteiger partial charge in [-0.25, -0.2) is 0 Å². The molecule has 1 unspecified atom stereocenters. The van der Waals surface area contributed by atoms with Gasteiger partial charge in [0.1, 0.15) is 0 Å². The van der Waals surface area contributed by atoms with Crippen molar-refractivity contribution < 1.29 is 9.90 Å². The highest BCUT2D eigenvalue weighted by atomic mass is 16.3. The van der Waals surface area contributed by atoms with Gasteiger partial charge < -0.3 is 15.7 Å². The topological polar surface area (TPSA) is 69.8 Å². The molecule has 1 aliphatic rings. The monoisotopic (exact) mass is 243 g/mol. The van der Waals surface area contributed by atoms with E-state index in [0.717, 1.165) is 39.0 Å². The normalized spacial score (nSPS) is 21.3. The number of β-amino-alcohol motifs (C(OH)–C–C–N with tert-alkyl or cyclic N) is 1.